The Bertz CT molecular complexity index is 1920. The summed E-state index contributed by atoms with van der Waals surface area (Å²) in [5.41, 5.74) is 2.74. The van der Waals surface area contributed by atoms with Crippen molar-refractivity contribution in [2.75, 3.05) is 7.11 Å². The summed E-state index contributed by atoms with van der Waals surface area (Å²) in [4.78, 5) is 17.0. The zero-order valence-corrected chi connectivity index (χ0v) is 25.2. The number of nitrogens with zero attached hydrogens (tertiary/aromatic N) is 1. The van der Waals surface area contributed by atoms with Crippen molar-refractivity contribution in [3.63, 3.8) is 0 Å². The zero-order valence-electron chi connectivity index (χ0n) is 24.4. The van der Waals surface area contributed by atoms with Crippen LogP contribution >= 0.6 is 11.3 Å². The zero-order chi connectivity index (χ0) is 31.0. The third-order valence-corrected chi connectivity index (χ3v) is 8.06. The van der Waals surface area contributed by atoms with Crippen LogP contribution in [0.4, 0.5) is 0 Å². The average molecular weight is 616 g/mol. The molecule has 0 spiro atoms. The Labute approximate surface area is 264 Å². The number of carbonyl (C=O) groups is 1. The fourth-order valence-electron chi connectivity index (χ4n) is 4.70. The van der Waals surface area contributed by atoms with E-state index < -0.39 is 5.97 Å². The summed E-state index contributed by atoms with van der Waals surface area (Å²) in [6.07, 6.45) is 4.76. The maximum Gasteiger partial charge on any atom is 0.336 e. The molecular weight excluding hydrogens is 586 g/mol. The van der Waals surface area contributed by atoms with Crippen LogP contribution in [0.1, 0.15) is 21.6 Å². The van der Waals surface area contributed by atoms with Crippen molar-refractivity contribution in [3.8, 4) is 28.7 Å². The second kappa shape index (κ2) is 13.8. The van der Waals surface area contributed by atoms with Crippen molar-refractivity contribution in [1.82, 2.24) is 4.98 Å². The summed E-state index contributed by atoms with van der Waals surface area (Å²) >= 11 is 1.40. The number of benzene rings is 4. The van der Waals surface area contributed by atoms with Crippen LogP contribution in [0.3, 0.4) is 0 Å². The van der Waals surface area contributed by atoms with E-state index in [4.69, 9.17) is 18.9 Å². The third kappa shape index (κ3) is 7.14. The molecule has 2 aromatic heterocycles. The second-order valence-electron chi connectivity index (χ2n) is 10.0. The summed E-state index contributed by atoms with van der Waals surface area (Å²) in [6.45, 7) is 0.803. The van der Waals surface area contributed by atoms with E-state index in [0.717, 1.165) is 21.2 Å². The highest BCUT2D eigenvalue weighted by atomic mass is 32.1. The van der Waals surface area contributed by atoms with E-state index in [0.29, 0.717) is 52.4 Å². The van der Waals surface area contributed by atoms with Gasteiger partial charge in [-0.2, -0.15) is 0 Å². The highest BCUT2D eigenvalue weighted by molar-refractivity contribution is 7.20. The first-order chi connectivity index (χ1) is 22.1. The fourth-order valence-corrected chi connectivity index (χ4v) is 5.79. The molecule has 8 heteroatoms. The number of carboxylic acids is 1. The van der Waals surface area contributed by atoms with E-state index >= 15 is 0 Å². The minimum Gasteiger partial charge on any atom is -0.493 e. The van der Waals surface area contributed by atoms with Crippen LogP contribution in [0, 0.1) is 0 Å². The van der Waals surface area contributed by atoms with Gasteiger partial charge in [0, 0.05) is 28.5 Å². The Morgan fingerprint density at radius 3 is 2.02 bits per heavy atom. The van der Waals surface area contributed by atoms with Crippen LogP contribution in [-0.2, 0) is 18.0 Å². The lowest BCUT2D eigenvalue weighted by Crippen LogP contribution is -1.99. The summed E-state index contributed by atoms with van der Waals surface area (Å²) in [5.74, 6) is 1.83. The van der Waals surface area contributed by atoms with Crippen molar-refractivity contribution in [2.24, 2.45) is 0 Å². The Morgan fingerprint density at radius 2 is 1.40 bits per heavy atom. The maximum atomic E-state index is 12.4. The number of hydrogen-bond acceptors (Lipinski definition) is 7. The van der Waals surface area contributed by atoms with Crippen LogP contribution in [0.2, 0.25) is 0 Å². The molecule has 0 amide bonds. The Morgan fingerprint density at radius 1 is 0.778 bits per heavy atom. The minimum atomic E-state index is -1.06. The summed E-state index contributed by atoms with van der Waals surface area (Å²) in [6, 6.07) is 34.3. The van der Waals surface area contributed by atoms with Crippen molar-refractivity contribution in [2.45, 2.75) is 13.2 Å². The van der Waals surface area contributed by atoms with E-state index in [1.807, 2.05) is 97.1 Å². The molecular formula is C37H29NO6S. The monoisotopic (exact) mass is 615 g/mol. The van der Waals surface area contributed by atoms with Gasteiger partial charge < -0.3 is 24.1 Å². The topological polar surface area (TPSA) is 87.1 Å². The van der Waals surface area contributed by atoms with Gasteiger partial charge in [0.1, 0.15) is 24.7 Å². The molecule has 45 heavy (non-hydrogen) atoms. The fraction of sp³-hybridized carbons (Fsp3) is 0.0811. The molecule has 2 heterocycles. The molecule has 0 bridgehead atoms. The van der Waals surface area contributed by atoms with Crippen LogP contribution in [0.5, 0.6) is 28.7 Å². The molecule has 224 valence electrons. The molecule has 0 saturated heterocycles. The number of pyridine rings is 1. The van der Waals surface area contributed by atoms with E-state index in [2.05, 4.69) is 4.98 Å². The standard InChI is InChI=1S/C37H29NO6S/c1-41-32-22-34-31(20-33(32)43-24-26-10-6-3-7-11-26)36(35(45-34)21-30(37(39)40)27-16-18-38-19-17-27)44-29-14-12-28(13-15-29)42-23-25-8-4-2-5-9-25/h2-22H,23-24H2,1H3,(H,39,40). The maximum absolute atomic E-state index is 12.4. The molecule has 0 radical (unpaired) electrons. The van der Waals surface area contributed by atoms with E-state index in [1.54, 1.807) is 37.7 Å². The van der Waals surface area contributed by atoms with Crippen molar-refractivity contribution in [1.29, 1.82) is 0 Å². The van der Waals surface area contributed by atoms with Crippen LogP contribution in [0.25, 0.3) is 21.7 Å². The van der Waals surface area contributed by atoms with Crippen LogP contribution in [0.15, 0.2) is 122 Å². The molecule has 0 aliphatic heterocycles. The van der Waals surface area contributed by atoms with Crippen molar-refractivity contribution >= 4 is 39.0 Å². The predicted octanol–water partition coefficient (Wildman–Crippen LogP) is 8.88. The van der Waals surface area contributed by atoms with Gasteiger partial charge in [0.25, 0.3) is 0 Å². The Kier molecular flexibility index (Phi) is 9.03. The first kappa shape index (κ1) is 29.5. The van der Waals surface area contributed by atoms with Gasteiger partial charge in [-0.25, -0.2) is 4.79 Å². The molecule has 0 aliphatic rings. The molecule has 4 aromatic carbocycles. The molecule has 1 N–H and O–H groups in total. The number of carboxylic acid groups (broad SMARTS) is 1. The van der Waals surface area contributed by atoms with Gasteiger partial charge in [-0.3, -0.25) is 4.98 Å². The first-order valence-corrected chi connectivity index (χ1v) is 15.0. The third-order valence-electron chi connectivity index (χ3n) is 6.98. The lowest BCUT2D eigenvalue weighted by atomic mass is 10.1. The molecule has 7 nitrogen and oxygen atoms in total. The van der Waals surface area contributed by atoms with Gasteiger partial charge in [0.2, 0.25) is 0 Å². The van der Waals surface area contributed by atoms with Gasteiger partial charge >= 0.3 is 5.97 Å². The van der Waals surface area contributed by atoms with E-state index in [1.165, 1.54) is 11.3 Å². The smallest absolute Gasteiger partial charge is 0.336 e. The number of rotatable bonds is 12. The van der Waals surface area contributed by atoms with Gasteiger partial charge in [-0.05, 0) is 65.2 Å². The van der Waals surface area contributed by atoms with Gasteiger partial charge in [0.05, 0.1) is 17.6 Å². The molecule has 0 aliphatic carbocycles. The number of methoxy groups -OCH3 is 1. The number of aliphatic carboxylic acids is 1. The van der Waals surface area contributed by atoms with Crippen molar-refractivity contribution in [3.05, 3.63) is 143 Å². The predicted molar refractivity (Wildman–Crippen MR) is 176 cm³/mol. The SMILES string of the molecule is COc1cc2sc(C=C(C(=O)O)c3ccncc3)c(Oc3ccc(OCc4ccccc4)cc3)c2cc1OCc1ccccc1. The molecule has 6 aromatic rings. The van der Waals surface area contributed by atoms with Gasteiger partial charge in [-0.15, -0.1) is 11.3 Å². The number of aromatic nitrogens is 1. The molecule has 0 unspecified atom stereocenters. The highest BCUT2D eigenvalue weighted by Crippen LogP contribution is 2.46. The summed E-state index contributed by atoms with van der Waals surface area (Å²) in [5, 5.41) is 10.9. The molecule has 0 fully saturated rings. The summed E-state index contributed by atoms with van der Waals surface area (Å²) in [7, 11) is 1.59. The average Bonchev–Trinajstić information content (AvgIpc) is 3.41. The largest absolute Gasteiger partial charge is 0.493 e. The lowest BCUT2D eigenvalue weighted by molar-refractivity contribution is -0.130. The number of thiophene rings is 1. The molecule has 6 rings (SSSR count). The van der Waals surface area contributed by atoms with Gasteiger partial charge in [0.15, 0.2) is 17.2 Å². The number of hydrogen-bond donors (Lipinski definition) is 1. The van der Waals surface area contributed by atoms with Crippen LogP contribution in [-0.4, -0.2) is 23.2 Å². The number of fused-ring (bicyclic) bond motifs is 1. The normalized spacial score (nSPS) is 11.3. The van der Waals surface area contributed by atoms with E-state index in [-0.39, 0.29) is 5.57 Å². The Balaban J connectivity index is 1.37. The molecule has 0 atom stereocenters. The highest BCUT2D eigenvalue weighted by Gasteiger charge is 2.20. The molecule has 0 saturated carbocycles. The second-order valence-corrected chi connectivity index (χ2v) is 11.1. The number of ether oxygens (including phenoxy) is 4. The lowest BCUT2D eigenvalue weighted by Gasteiger charge is -2.12. The van der Waals surface area contributed by atoms with Gasteiger partial charge in [-0.1, -0.05) is 60.7 Å². The van der Waals surface area contributed by atoms with Crippen molar-refractivity contribution < 1.29 is 28.8 Å². The first-order valence-electron chi connectivity index (χ1n) is 14.2. The van der Waals surface area contributed by atoms with Crippen LogP contribution < -0.4 is 18.9 Å². The summed E-state index contributed by atoms with van der Waals surface area (Å²) < 4.78 is 25.2. The van der Waals surface area contributed by atoms with E-state index in [9.17, 15) is 9.90 Å². The quantitative estimate of drug-likeness (QED) is 0.138. The minimum absolute atomic E-state index is 0.117. The Hall–Kier alpha value is -5.60.